The van der Waals surface area contributed by atoms with Gasteiger partial charge >= 0.3 is 0 Å². The lowest BCUT2D eigenvalue weighted by atomic mass is 10.0. The van der Waals surface area contributed by atoms with Gasteiger partial charge in [-0.05, 0) is 78.0 Å². The van der Waals surface area contributed by atoms with E-state index in [-0.39, 0.29) is 0 Å². The summed E-state index contributed by atoms with van der Waals surface area (Å²) in [5.41, 5.74) is 7.83. The van der Waals surface area contributed by atoms with Crippen LogP contribution in [0.5, 0.6) is 0 Å². The number of allylic oxidation sites excluding steroid dienone is 5. The fourth-order valence-electron chi connectivity index (χ4n) is 4.54. The Morgan fingerprint density at radius 3 is 2.00 bits per heavy atom. The van der Waals surface area contributed by atoms with Gasteiger partial charge in [0, 0.05) is 28.1 Å². The molecule has 2 heteroatoms. The molecule has 180 valence electrons. The van der Waals surface area contributed by atoms with Gasteiger partial charge in [-0.15, -0.1) is 0 Å². The molecule has 0 radical (unpaired) electrons. The molecule has 5 rings (SSSR count). The van der Waals surface area contributed by atoms with Crippen molar-refractivity contribution in [3.63, 3.8) is 0 Å². The number of anilines is 5. The van der Waals surface area contributed by atoms with Crippen LogP contribution in [0.2, 0.25) is 0 Å². The molecule has 2 nitrogen and oxygen atoms in total. The molecule has 0 aliphatic carbocycles. The molecule has 0 aliphatic rings. The molecule has 0 spiro atoms. The van der Waals surface area contributed by atoms with Crippen molar-refractivity contribution < 1.29 is 0 Å². The number of nitrogens with zero attached hydrogens (tertiary/aromatic N) is 1. The summed E-state index contributed by atoms with van der Waals surface area (Å²) in [6.07, 6.45) is 7.93. The van der Waals surface area contributed by atoms with Crippen molar-refractivity contribution in [2.45, 2.75) is 6.92 Å². The largest absolute Gasteiger partial charge is 0.356 e. The van der Waals surface area contributed by atoms with E-state index < -0.39 is 0 Å². The molecule has 0 fully saturated rings. The zero-order valence-corrected chi connectivity index (χ0v) is 21.0. The average molecular weight is 479 g/mol. The number of nitrogens with one attached hydrogen (secondary N) is 1. The van der Waals surface area contributed by atoms with Crippen LogP contribution in [0.1, 0.15) is 12.5 Å². The summed E-state index contributed by atoms with van der Waals surface area (Å²) < 4.78 is 0. The van der Waals surface area contributed by atoms with Gasteiger partial charge in [0.25, 0.3) is 0 Å². The molecule has 0 saturated heterocycles. The summed E-state index contributed by atoms with van der Waals surface area (Å²) in [4.78, 5) is 2.32. The van der Waals surface area contributed by atoms with Crippen LogP contribution in [0.4, 0.5) is 28.4 Å². The van der Waals surface area contributed by atoms with Gasteiger partial charge in [-0.3, -0.25) is 0 Å². The van der Waals surface area contributed by atoms with E-state index in [1.54, 1.807) is 6.08 Å². The molecule has 5 aromatic carbocycles. The van der Waals surface area contributed by atoms with Crippen molar-refractivity contribution in [1.82, 2.24) is 0 Å². The molecule has 0 amide bonds. The van der Waals surface area contributed by atoms with Gasteiger partial charge in [-0.25, -0.2) is 0 Å². The summed E-state index contributed by atoms with van der Waals surface area (Å²) >= 11 is 0. The van der Waals surface area contributed by atoms with Gasteiger partial charge in [0.2, 0.25) is 0 Å². The number of para-hydroxylation sites is 1. The van der Waals surface area contributed by atoms with Gasteiger partial charge in [0.05, 0.1) is 5.69 Å². The van der Waals surface area contributed by atoms with Crippen LogP contribution in [0.3, 0.4) is 0 Å². The molecule has 0 aliphatic heterocycles. The molecule has 0 saturated carbocycles. The van der Waals surface area contributed by atoms with E-state index in [9.17, 15) is 0 Å². The second-order valence-corrected chi connectivity index (χ2v) is 8.76. The Morgan fingerprint density at radius 2 is 1.30 bits per heavy atom. The normalized spacial score (nSPS) is 11.5. The summed E-state index contributed by atoms with van der Waals surface area (Å²) in [6, 6.07) is 42.6. The van der Waals surface area contributed by atoms with Crippen LogP contribution in [0, 0.1) is 0 Å². The molecule has 1 N–H and O–H groups in total. The molecular weight excluding hydrogens is 448 g/mol. The van der Waals surface area contributed by atoms with Crippen LogP contribution in [0.25, 0.3) is 16.3 Å². The highest BCUT2D eigenvalue weighted by atomic mass is 15.1. The van der Waals surface area contributed by atoms with E-state index in [0.717, 1.165) is 28.4 Å². The maximum atomic E-state index is 3.76. The number of benzene rings is 5. The standard InChI is InChI=1S/C35H30N2/c1-3-5-12-27(4-2)28-19-21-30(22-20-28)36-31-23-25-33(26-24-31)37(32-15-7-6-8-16-32)35-18-11-14-29-13-9-10-17-34(29)35/h3-26,36H,1H2,2H3/b12-5-,27-4+. The molecule has 37 heavy (non-hydrogen) atoms. The van der Waals surface area contributed by atoms with Crippen LogP contribution in [0.15, 0.2) is 152 Å². The Balaban J connectivity index is 1.43. The van der Waals surface area contributed by atoms with E-state index in [2.05, 4.69) is 150 Å². The summed E-state index contributed by atoms with van der Waals surface area (Å²) in [6.45, 7) is 5.81. The Labute approximate surface area is 219 Å². The molecule has 0 aromatic heterocycles. The predicted molar refractivity (Wildman–Crippen MR) is 161 cm³/mol. The third-order valence-electron chi connectivity index (χ3n) is 6.38. The van der Waals surface area contributed by atoms with Gasteiger partial charge in [0.1, 0.15) is 0 Å². The number of hydrogen-bond donors (Lipinski definition) is 1. The minimum atomic E-state index is 1.04. The lowest BCUT2D eigenvalue weighted by Crippen LogP contribution is -2.10. The number of hydrogen-bond acceptors (Lipinski definition) is 2. The molecule has 0 unspecified atom stereocenters. The third kappa shape index (κ3) is 5.39. The lowest BCUT2D eigenvalue weighted by molar-refractivity contribution is 1.30. The van der Waals surface area contributed by atoms with Gasteiger partial charge < -0.3 is 10.2 Å². The fourth-order valence-corrected chi connectivity index (χ4v) is 4.54. The maximum Gasteiger partial charge on any atom is 0.0540 e. The maximum absolute atomic E-state index is 3.76. The quantitative estimate of drug-likeness (QED) is 0.223. The zero-order valence-electron chi connectivity index (χ0n) is 21.0. The van der Waals surface area contributed by atoms with Crippen LogP contribution >= 0.6 is 0 Å². The topological polar surface area (TPSA) is 15.3 Å². The molecule has 5 aromatic rings. The second kappa shape index (κ2) is 11.3. The molecule has 0 heterocycles. The first kappa shape index (κ1) is 23.9. The number of fused-ring (bicyclic) bond motifs is 1. The van der Waals surface area contributed by atoms with E-state index in [4.69, 9.17) is 0 Å². The second-order valence-electron chi connectivity index (χ2n) is 8.76. The first-order chi connectivity index (χ1) is 18.3. The van der Waals surface area contributed by atoms with E-state index >= 15 is 0 Å². The Morgan fingerprint density at radius 1 is 0.676 bits per heavy atom. The van der Waals surface area contributed by atoms with Crippen molar-refractivity contribution >= 4 is 44.8 Å². The van der Waals surface area contributed by atoms with Crippen LogP contribution < -0.4 is 10.2 Å². The lowest BCUT2D eigenvalue weighted by Gasteiger charge is -2.27. The average Bonchev–Trinajstić information content (AvgIpc) is 2.96. The SMILES string of the molecule is C=C/C=C\C(=C/C)c1ccc(Nc2ccc(N(c3ccccc3)c3cccc4ccccc34)cc2)cc1. The third-order valence-corrected chi connectivity index (χ3v) is 6.38. The smallest absolute Gasteiger partial charge is 0.0540 e. The Kier molecular flexibility index (Phi) is 7.29. The van der Waals surface area contributed by atoms with Gasteiger partial charge in [-0.2, -0.15) is 0 Å². The van der Waals surface area contributed by atoms with E-state index in [0.29, 0.717) is 0 Å². The fraction of sp³-hybridized carbons (Fsp3) is 0.0286. The number of rotatable bonds is 8. The van der Waals surface area contributed by atoms with E-state index in [1.165, 1.54) is 21.9 Å². The minimum Gasteiger partial charge on any atom is -0.356 e. The first-order valence-corrected chi connectivity index (χ1v) is 12.5. The monoisotopic (exact) mass is 478 g/mol. The zero-order chi connectivity index (χ0) is 25.5. The predicted octanol–water partition coefficient (Wildman–Crippen LogP) is 10.2. The highest BCUT2D eigenvalue weighted by Crippen LogP contribution is 2.39. The summed E-state index contributed by atoms with van der Waals surface area (Å²) in [5.74, 6) is 0. The van der Waals surface area contributed by atoms with Gasteiger partial charge in [0.15, 0.2) is 0 Å². The first-order valence-electron chi connectivity index (χ1n) is 12.5. The van der Waals surface area contributed by atoms with E-state index in [1.807, 2.05) is 13.0 Å². The van der Waals surface area contributed by atoms with Crippen LogP contribution in [-0.2, 0) is 0 Å². The molecular formula is C35H30N2. The summed E-state index contributed by atoms with van der Waals surface area (Å²) in [5, 5.41) is 5.98. The van der Waals surface area contributed by atoms with Crippen molar-refractivity contribution in [2.24, 2.45) is 0 Å². The minimum absolute atomic E-state index is 1.04. The van der Waals surface area contributed by atoms with Gasteiger partial charge in [-0.1, -0.05) is 97.6 Å². The van der Waals surface area contributed by atoms with Crippen molar-refractivity contribution in [1.29, 1.82) is 0 Å². The Bertz CT molecular complexity index is 1540. The highest BCUT2D eigenvalue weighted by Gasteiger charge is 2.14. The molecule has 0 atom stereocenters. The summed E-state index contributed by atoms with van der Waals surface area (Å²) in [7, 11) is 0. The molecule has 0 bridgehead atoms. The van der Waals surface area contributed by atoms with Crippen LogP contribution in [-0.4, -0.2) is 0 Å². The van der Waals surface area contributed by atoms with Crippen molar-refractivity contribution in [3.05, 3.63) is 158 Å². The Hall–Kier alpha value is -4.82. The highest BCUT2D eigenvalue weighted by molar-refractivity contribution is 5.98. The van der Waals surface area contributed by atoms with Crippen molar-refractivity contribution in [3.8, 4) is 0 Å². The van der Waals surface area contributed by atoms with Crippen molar-refractivity contribution in [2.75, 3.05) is 10.2 Å².